The number of fused-ring (bicyclic) bond motifs is 1. The number of carbonyl (C=O) groups is 1. The van der Waals surface area contributed by atoms with Crippen molar-refractivity contribution in [3.05, 3.63) is 51.5 Å². The van der Waals surface area contributed by atoms with Crippen molar-refractivity contribution in [1.29, 1.82) is 0 Å². The Morgan fingerprint density at radius 1 is 1.30 bits per heavy atom. The van der Waals surface area contributed by atoms with E-state index < -0.39 is 5.56 Å². The Labute approximate surface area is 159 Å². The van der Waals surface area contributed by atoms with Crippen LogP contribution in [0.3, 0.4) is 0 Å². The number of rotatable bonds is 8. The number of methoxy groups -OCH3 is 1. The molecule has 0 fully saturated rings. The van der Waals surface area contributed by atoms with Gasteiger partial charge in [0.2, 0.25) is 5.91 Å². The first-order valence-electron chi connectivity index (χ1n) is 8.37. The van der Waals surface area contributed by atoms with Crippen molar-refractivity contribution in [2.75, 3.05) is 20.3 Å². The largest absolute Gasteiger partial charge is 0.385 e. The number of halogens is 1. The molecule has 0 bridgehead atoms. The molecule has 1 amide bonds. The standard InChI is InChI=1S/C17H19ClN6O3/c1-27-8-2-7-19-14(25)10-23-11-20-16-15(17(23)26)21-22-24(16)9-12-3-5-13(18)6-4-12/h3-6,11H,2,7-10H2,1H3,(H,19,25). The minimum absolute atomic E-state index is 0.124. The van der Waals surface area contributed by atoms with E-state index in [1.807, 2.05) is 12.1 Å². The smallest absolute Gasteiger partial charge is 0.283 e. The molecule has 142 valence electrons. The molecule has 1 aromatic carbocycles. The highest BCUT2D eigenvalue weighted by molar-refractivity contribution is 6.30. The van der Waals surface area contributed by atoms with Crippen LogP contribution in [-0.4, -0.2) is 50.7 Å². The zero-order chi connectivity index (χ0) is 19.2. The molecular weight excluding hydrogens is 372 g/mol. The molecule has 0 aliphatic rings. The number of amides is 1. The molecule has 0 radical (unpaired) electrons. The van der Waals surface area contributed by atoms with Crippen LogP contribution in [0.4, 0.5) is 0 Å². The van der Waals surface area contributed by atoms with Gasteiger partial charge in [0.25, 0.3) is 5.56 Å². The van der Waals surface area contributed by atoms with Gasteiger partial charge in [-0.05, 0) is 24.1 Å². The summed E-state index contributed by atoms with van der Waals surface area (Å²) in [7, 11) is 1.60. The number of carbonyl (C=O) groups excluding carboxylic acids is 1. The molecule has 3 aromatic rings. The van der Waals surface area contributed by atoms with Crippen LogP contribution in [0.1, 0.15) is 12.0 Å². The molecule has 2 heterocycles. The normalized spacial score (nSPS) is 11.0. The molecule has 9 nitrogen and oxygen atoms in total. The molecule has 0 aliphatic heterocycles. The highest BCUT2D eigenvalue weighted by Crippen LogP contribution is 2.12. The summed E-state index contributed by atoms with van der Waals surface area (Å²) in [6.45, 7) is 1.32. The van der Waals surface area contributed by atoms with Gasteiger partial charge in [-0.25, -0.2) is 9.67 Å². The van der Waals surface area contributed by atoms with Crippen molar-refractivity contribution in [2.24, 2.45) is 0 Å². The molecule has 0 atom stereocenters. The predicted octanol–water partition coefficient (Wildman–Crippen LogP) is 0.842. The summed E-state index contributed by atoms with van der Waals surface area (Å²) in [6.07, 6.45) is 2.04. The van der Waals surface area contributed by atoms with Crippen molar-refractivity contribution >= 4 is 28.7 Å². The summed E-state index contributed by atoms with van der Waals surface area (Å²) < 4.78 is 7.67. The highest BCUT2D eigenvalue weighted by atomic mass is 35.5. The molecular formula is C17H19ClN6O3. The fraction of sp³-hybridized carbons (Fsp3) is 0.353. The molecule has 27 heavy (non-hydrogen) atoms. The van der Waals surface area contributed by atoms with E-state index in [4.69, 9.17) is 16.3 Å². The molecule has 10 heteroatoms. The number of hydrogen-bond donors (Lipinski definition) is 1. The number of benzene rings is 1. The minimum atomic E-state index is -0.408. The van der Waals surface area contributed by atoms with Gasteiger partial charge >= 0.3 is 0 Å². The van der Waals surface area contributed by atoms with E-state index in [1.165, 1.54) is 15.6 Å². The van der Waals surface area contributed by atoms with Gasteiger partial charge in [-0.1, -0.05) is 28.9 Å². The number of ether oxygens (including phenoxy) is 1. The van der Waals surface area contributed by atoms with Crippen LogP contribution in [0.25, 0.3) is 11.2 Å². The fourth-order valence-electron chi connectivity index (χ4n) is 2.52. The molecule has 0 unspecified atom stereocenters. The van der Waals surface area contributed by atoms with Gasteiger partial charge in [-0.3, -0.25) is 14.2 Å². The molecule has 0 spiro atoms. The molecule has 0 aliphatic carbocycles. The average Bonchev–Trinajstić information content (AvgIpc) is 3.06. The highest BCUT2D eigenvalue weighted by Gasteiger charge is 2.14. The van der Waals surface area contributed by atoms with Crippen molar-refractivity contribution in [1.82, 2.24) is 29.9 Å². The lowest BCUT2D eigenvalue weighted by Crippen LogP contribution is -2.33. The Hall–Kier alpha value is -2.78. The topological polar surface area (TPSA) is 104 Å². The van der Waals surface area contributed by atoms with E-state index in [1.54, 1.807) is 19.2 Å². The van der Waals surface area contributed by atoms with Crippen LogP contribution in [0.15, 0.2) is 35.4 Å². The monoisotopic (exact) mass is 390 g/mol. The predicted molar refractivity (Wildman–Crippen MR) is 99.6 cm³/mol. The van der Waals surface area contributed by atoms with Crippen LogP contribution in [-0.2, 0) is 22.6 Å². The third-order valence-electron chi connectivity index (χ3n) is 3.90. The van der Waals surface area contributed by atoms with Gasteiger partial charge in [0, 0.05) is 25.3 Å². The van der Waals surface area contributed by atoms with Gasteiger partial charge in [0.05, 0.1) is 6.54 Å². The lowest BCUT2D eigenvalue weighted by atomic mass is 10.2. The summed E-state index contributed by atoms with van der Waals surface area (Å²) in [4.78, 5) is 28.7. The van der Waals surface area contributed by atoms with Gasteiger partial charge in [0.1, 0.15) is 12.9 Å². The van der Waals surface area contributed by atoms with E-state index >= 15 is 0 Å². The zero-order valence-electron chi connectivity index (χ0n) is 14.8. The van der Waals surface area contributed by atoms with E-state index in [9.17, 15) is 9.59 Å². The first-order chi connectivity index (χ1) is 13.1. The Balaban J connectivity index is 1.73. The zero-order valence-corrected chi connectivity index (χ0v) is 15.5. The first kappa shape index (κ1) is 19.0. The Bertz CT molecular complexity index is 982. The Morgan fingerprint density at radius 3 is 2.81 bits per heavy atom. The molecule has 0 saturated heterocycles. The van der Waals surface area contributed by atoms with Crippen LogP contribution in [0.2, 0.25) is 5.02 Å². The van der Waals surface area contributed by atoms with E-state index in [0.29, 0.717) is 36.8 Å². The maximum absolute atomic E-state index is 12.5. The minimum Gasteiger partial charge on any atom is -0.385 e. The third-order valence-corrected chi connectivity index (χ3v) is 4.15. The second-order valence-electron chi connectivity index (χ2n) is 5.92. The van der Waals surface area contributed by atoms with Gasteiger partial charge in [-0.2, -0.15) is 0 Å². The number of hydrogen-bond acceptors (Lipinski definition) is 6. The van der Waals surface area contributed by atoms with Gasteiger partial charge < -0.3 is 10.1 Å². The summed E-state index contributed by atoms with van der Waals surface area (Å²) >= 11 is 5.89. The average molecular weight is 391 g/mol. The van der Waals surface area contributed by atoms with Gasteiger partial charge in [0.15, 0.2) is 11.2 Å². The number of nitrogens with zero attached hydrogens (tertiary/aromatic N) is 5. The summed E-state index contributed by atoms with van der Waals surface area (Å²) in [5.74, 6) is -0.275. The maximum atomic E-state index is 12.5. The maximum Gasteiger partial charge on any atom is 0.283 e. The number of nitrogens with one attached hydrogen (secondary N) is 1. The fourth-order valence-corrected chi connectivity index (χ4v) is 2.65. The van der Waals surface area contributed by atoms with Crippen molar-refractivity contribution < 1.29 is 9.53 Å². The van der Waals surface area contributed by atoms with Crippen molar-refractivity contribution in [2.45, 2.75) is 19.5 Å². The second kappa shape index (κ2) is 8.74. The van der Waals surface area contributed by atoms with E-state index in [-0.39, 0.29) is 18.0 Å². The molecule has 1 N–H and O–H groups in total. The lowest BCUT2D eigenvalue weighted by molar-refractivity contribution is -0.121. The quantitative estimate of drug-likeness (QED) is 0.572. The Kier molecular flexibility index (Phi) is 6.15. The number of aromatic nitrogens is 5. The SMILES string of the molecule is COCCCNC(=O)Cn1cnc2c(nnn2Cc2ccc(Cl)cc2)c1=O. The van der Waals surface area contributed by atoms with E-state index in [2.05, 4.69) is 20.6 Å². The summed E-state index contributed by atoms with van der Waals surface area (Å²) in [6, 6.07) is 7.29. The summed E-state index contributed by atoms with van der Waals surface area (Å²) in [5, 5.41) is 11.3. The Morgan fingerprint density at radius 2 is 2.07 bits per heavy atom. The third kappa shape index (κ3) is 4.69. The first-order valence-corrected chi connectivity index (χ1v) is 8.75. The van der Waals surface area contributed by atoms with Crippen molar-refractivity contribution in [3.63, 3.8) is 0 Å². The van der Waals surface area contributed by atoms with Gasteiger partial charge in [-0.15, -0.1) is 5.10 Å². The van der Waals surface area contributed by atoms with E-state index in [0.717, 1.165) is 5.56 Å². The molecule has 3 rings (SSSR count). The van der Waals surface area contributed by atoms with Crippen LogP contribution < -0.4 is 10.9 Å². The summed E-state index contributed by atoms with van der Waals surface area (Å²) in [5.41, 5.74) is 1.03. The molecule has 0 saturated carbocycles. The molecule has 2 aromatic heterocycles. The second-order valence-corrected chi connectivity index (χ2v) is 6.36. The van der Waals surface area contributed by atoms with Crippen LogP contribution in [0, 0.1) is 0 Å². The van der Waals surface area contributed by atoms with Crippen LogP contribution >= 0.6 is 11.6 Å². The lowest BCUT2D eigenvalue weighted by Gasteiger charge is -2.07. The van der Waals surface area contributed by atoms with Crippen molar-refractivity contribution in [3.8, 4) is 0 Å². The van der Waals surface area contributed by atoms with Crippen LogP contribution in [0.5, 0.6) is 0 Å².